The lowest BCUT2D eigenvalue weighted by molar-refractivity contribution is -0.0233. The van der Waals surface area contributed by atoms with Gasteiger partial charge in [-0.05, 0) is 55.7 Å². The number of rotatable bonds is 3. The summed E-state index contributed by atoms with van der Waals surface area (Å²) in [6.07, 6.45) is 3.43. The van der Waals surface area contributed by atoms with Gasteiger partial charge in [-0.3, -0.25) is 4.79 Å². The van der Waals surface area contributed by atoms with E-state index in [9.17, 15) is 9.90 Å². The van der Waals surface area contributed by atoms with E-state index >= 15 is 0 Å². The Balaban J connectivity index is 1.97. The molecular weight excluding hydrogens is 286 g/mol. The number of amides is 1. The van der Waals surface area contributed by atoms with Crippen molar-refractivity contribution in [3.63, 3.8) is 0 Å². The van der Waals surface area contributed by atoms with Crippen molar-refractivity contribution in [3.8, 4) is 0 Å². The molecule has 0 saturated heterocycles. The molecule has 0 heterocycles. The number of halogens is 1. The highest BCUT2D eigenvalue weighted by Gasteiger charge is 2.36. The number of benzene rings is 1. The summed E-state index contributed by atoms with van der Waals surface area (Å²) in [6, 6.07) is 5.29. The van der Waals surface area contributed by atoms with E-state index in [1.165, 1.54) is 0 Å². The van der Waals surface area contributed by atoms with Gasteiger partial charge in [-0.25, -0.2) is 0 Å². The Kier molecular flexibility index (Phi) is 4.64. The first-order chi connectivity index (χ1) is 9.72. The average molecular weight is 310 g/mol. The van der Waals surface area contributed by atoms with Gasteiger partial charge in [0.25, 0.3) is 5.91 Å². The van der Waals surface area contributed by atoms with Gasteiger partial charge in [-0.1, -0.05) is 31.5 Å². The topological polar surface area (TPSA) is 49.3 Å². The van der Waals surface area contributed by atoms with Crippen molar-refractivity contribution in [1.29, 1.82) is 0 Å². The third-order valence-electron chi connectivity index (χ3n) is 4.62. The molecule has 3 nitrogen and oxygen atoms in total. The smallest absolute Gasteiger partial charge is 0.251 e. The highest BCUT2D eigenvalue weighted by Crippen LogP contribution is 2.39. The minimum Gasteiger partial charge on any atom is -0.388 e. The normalized spacial score (nSPS) is 20.0. The molecule has 0 unspecified atom stereocenters. The van der Waals surface area contributed by atoms with Crippen LogP contribution in [0, 0.1) is 12.3 Å². The molecule has 1 amide bonds. The van der Waals surface area contributed by atoms with Crippen molar-refractivity contribution in [3.05, 3.63) is 34.3 Å². The maximum Gasteiger partial charge on any atom is 0.251 e. The fraction of sp³-hybridized carbons (Fsp3) is 0.588. The molecule has 2 N–H and O–H groups in total. The van der Waals surface area contributed by atoms with Crippen LogP contribution in [0.5, 0.6) is 0 Å². The second kappa shape index (κ2) is 5.98. The van der Waals surface area contributed by atoms with Crippen molar-refractivity contribution in [2.45, 2.75) is 52.1 Å². The van der Waals surface area contributed by atoms with E-state index in [0.717, 1.165) is 31.2 Å². The molecule has 21 heavy (non-hydrogen) atoms. The summed E-state index contributed by atoms with van der Waals surface area (Å²) in [7, 11) is 0. The van der Waals surface area contributed by atoms with Crippen molar-refractivity contribution in [2.24, 2.45) is 5.41 Å². The zero-order valence-electron chi connectivity index (χ0n) is 13.0. The fourth-order valence-electron chi connectivity index (χ4n) is 2.76. The first kappa shape index (κ1) is 16.3. The molecule has 0 radical (unpaired) electrons. The lowest BCUT2D eigenvalue weighted by atomic mass is 9.71. The molecule has 1 aliphatic carbocycles. The summed E-state index contributed by atoms with van der Waals surface area (Å²) >= 11 is 6.04. The Labute approximate surface area is 131 Å². The van der Waals surface area contributed by atoms with Crippen LogP contribution < -0.4 is 5.32 Å². The van der Waals surface area contributed by atoms with Crippen LogP contribution in [0.4, 0.5) is 0 Å². The van der Waals surface area contributed by atoms with Gasteiger partial charge in [-0.15, -0.1) is 0 Å². The molecule has 1 saturated carbocycles. The van der Waals surface area contributed by atoms with E-state index < -0.39 is 5.60 Å². The molecule has 116 valence electrons. The third-order valence-corrected chi connectivity index (χ3v) is 5.03. The molecule has 2 rings (SSSR count). The standard InChI is InChI=1S/C17H24ClNO2/c1-12-13(5-4-6-14(12)18)15(20)19-11-17(21)9-7-16(2,3)8-10-17/h4-6,21H,7-11H2,1-3H3,(H,19,20). The Morgan fingerprint density at radius 2 is 1.90 bits per heavy atom. The number of nitrogens with one attached hydrogen (secondary N) is 1. The molecule has 1 aromatic rings. The fourth-order valence-corrected chi connectivity index (χ4v) is 2.94. The molecule has 0 aromatic heterocycles. The van der Waals surface area contributed by atoms with Gasteiger partial charge in [0.15, 0.2) is 0 Å². The zero-order chi connectivity index (χ0) is 15.7. The quantitative estimate of drug-likeness (QED) is 0.894. The predicted octanol–water partition coefficient (Wildman–Crippen LogP) is 3.71. The first-order valence-corrected chi connectivity index (χ1v) is 7.86. The highest BCUT2D eigenvalue weighted by molar-refractivity contribution is 6.31. The molecule has 4 heteroatoms. The minimum absolute atomic E-state index is 0.173. The summed E-state index contributed by atoms with van der Waals surface area (Å²) in [5.41, 5.74) is 0.855. The number of hydrogen-bond acceptors (Lipinski definition) is 2. The van der Waals surface area contributed by atoms with Crippen molar-refractivity contribution in [1.82, 2.24) is 5.32 Å². The Bertz CT molecular complexity index is 530. The van der Waals surface area contributed by atoms with Gasteiger partial charge >= 0.3 is 0 Å². The maximum atomic E-state index is 12.2. The molecule has 1 aliphatic rings. The van der Waals surface area contributed by atoms with E-state index in [1.807, 2.05) is 6.92 Å². The maximum absolute atomic E-state index is 12.2. The average Bonchev–Trinajstić information content (AvgIpc) is 2.43. The van der Waals surface area contributed by atoms with Gasteiger partial charge in [0, 0.05) is 17.1 Å². The molecule has 0 bridgehead atoms. The van der Waals surface area contributed by atoms with Crippen LogP contribution in [0.25, 0.3) is 0 Å². The van der Waals surface area contributed by atoms with Crippen molar-refractivity contribution in [2.75, 3.05) is 6.54 Å². The van der Waals surface area contributed by atoms with Crippen LogP contribution in [0.1, 0.15) is 55.5 Å². The second-order valence-corrected chi connectivity index (χ2v) is 7.39. The van der Waals surface area contributed by atoms with E-state index in [1.54, 1.807) is 18.2 Å². The highest BCUT2D eigenvalue weighted by atomic mass is 35.5. The van der Waals surface area contributed by atoms with Crippen LogP contribution in [0.3, 0.4) is 0 Å². The van der Waals surface area contributed by atoms with Crippen molar-refractivity contribution < 1.29 is 9.90 Å². The monoisotopic (exact) mass is 309 g/mol. The first-order valence-electron chi connectivity index (χ1n) is 7.48. The molecule has 0 aliphatic heterocycles. The summed E-state index contributed by atoms with van der Waals surface area (Å²) in [4.78, 5) is 12.2. The van der Waals surface area contributed by atoms with E-state index in [0.29, 0.717) is 22.5 Å². The van der Waals surface area contributed by atoms with Gasteiger partial charge in [0.2, 0.25) is 0 Å². The van der Waals surface area contributed by atoms with Gasteiger partial charge < -0.3 is 10.4 Å². The van der Waals surface area contributed by atoms with Gasteiger partial charge in [0.1, 0.15) is 0 Å². The zero-order valence-corrected chi connectivity index (χ0v) is 13.8. The van der Waals surface area contributed by atoms with Crippen molar-refractivity contribution >= 4 is 17.5 Å². The summed E-state index contributed by atoms with van der Waals surface area (Å²) in [5.74, 6) is -0.173. The van der Waals surface area contributed by atoms with E-state index in [-0.39, 0.29) is 5.91 Å². The summed E-state index contributed by atoms with van der Waals surface area (Å²) in [5, 5.41) is 14.0. The minimum atomic E-state index is -0.780. The number of carbonyl (C=O) groups is 1. The summed E-state index contributed by atoms with van der Waals surface area (Å²) < 4.78 is 0. The van der Waals surface area contributed by atoms with Crippen LogP contribution in [-0.4, -0.2) is 23.2 Å². The lowest BCUT2D eigenvalue weighted by Gasteiger charge is -2.40. The molecule has 1 fully saturated rings. The number of carbonyl (C=O) groups excluding carboxylic acids is 1. The van der Waals surface area contributed by atoms with Crippen LogP contribution in [-0.2, 0) is 0 Å². The Morgan fingerprint density at radius 3 is 2.52 bits per heavy atom. The second-order valence-electron chi connectivity index (χ2n) is 6.98. The largest absolute Gasteiger partial charge is 0.388 e. The van der Waals surface area contributed by atoms with Gasteiger partial charge in [0.05, 0.1) is 5.60 Å². The predicted molar refractivity (Wildman–Crippen MR) is 85.7 cm³/mol. The molecule has 0 atom stereocenters. The van der Waals surface area contributed by atoms with Crippen LogP contribution in [0.15, 0.2) is 18.2 Å². The third kappa shape index (κ3) is 3.98. The number of hydrogen-bond donors (Lipinski definition) is 2. The van der Waals surface area contributed by atoms with E-state index in [4.69, 9.17) is 11.6 Å². The lowest BCUT2D eigenvalue weighted by Crippen LogP contribution is -2.46. The van der Waals surface area contributed by atoms with E-state index in [2.05, 4.69) is 19.2 Å². The SMILES string of the molecule is Cc1c(Cl)cccc1C(=O)NCC1(O)CCC(C)(C)CC1. The Morgan fingerprint density at radius 1 is 1.29 bits per heavy atom. The van der Waals surface area contributed by atoms with Crippen LogP contribution >= 0.6 is 11.6 Å². The van der Waals surface area contributed by atoms with Crippen LogP contribution in [0.2, 0.25) is 5.02 Å². The number of aliphatic hydroxyl groups is 1. The summed E-state index contributed by atoms with van der Waals surface area (Å²) in [6.45, 7) is 6.57. The molecule has 0 spiro atoms. The molecular formula is C17H24ClNO2. The van der Waals surface area contributed by atoms with Gasteiger partial charge in [-0.2, -0.15) is 0 Å². The molecule has 1 aromatic carbocycles. The Hall–Kier alpha value is -1.06.